The minimum Gasteiger partial charge on any atom is -0.512 e. The molecule has 0 radical (unpaired) electrons. The van der Waals surface area contributed by atoms with Crippen molar-refractivity contribution in [3.05, 3.63) is 11.3 Å². The van der Waals surface area contributed by atoms with Gasteiger partial charge in [-0.1, -0.05) is 13.8 Å². The van der Waals surface area contributed by atoms with Crippen LogP contribution in [0.1, 0.15) is 40.0 Å². The fourth-order valence-electron chi connectivity index (χ4n) is 1.58. The molecule has 0 unspecified atom stereocenters. The van der Waals surface area contributed by atoms with Crippen LogP contribution in [0.2, 0.25) is 0 Å². The molecular weight excluding hydrogens is 168 g/mol. The zero-order valence-electron chi connectivity index (χ0n) is 8.39. The molecule has 0 aromatic heterocycles. The lowest BCUT2D eigenvalue weighted by Gasteiger charge is -2.29. The Morgan fingerprint density at radius 1 is 1.38 bits per heavy atom. The topological polar surface area (TPSA) is 54.4 Å². The van der Waals surface area contributed by atoms with Gasteiger partial charge in [0.15, 0.2) is 0 Å². The van der Waals surface area contributed by atoms with E-state index in [0.717, 1.165) is 19.3 Å². The van der Waals surface area contributed by atoms with Crippen molar-refractivity contribution < 1.29 is 14.7 Å². The van der Waals surface area contributed by atoms with Gasteiger partial charge in [0, 0.05) is 6.42 Å². The predicted octanol–water partition coefficient (Wildman–Crippen LogP) is 2.45. The average molecular weight is 184 g/mol. The maximum atomic E-state index is 9.29. The second-order valence-corrected chi connectivity index (χ2v) is 4.15. The smallest absolute Gasteiger partial charge is 0.373 e. The highest BCUT2D eigenvalue weighted by molar-refractivity contribution is 5.20. The molecule has 0 saturated heterocycles. The Labute approximate surface area is 78.5 Å². The van der Waals surface area contributed by atoms with Crippen LogP contribution >= 0.6 is 0 Å². The summed E-state index contributed by atoms with van der Waals surface area (Å²) in [6.07, 6.45) is 3.30. The van der Waals surface area contributed by atoms with E-state index in [1.165, 1.54) is 5.57 Å². The van der Waals surface area contributed by atoms with Crippen molar-refractivity contribution in [3.63, 3.8) is 0 Å². The van der Waals surface area contributed by atoms with Crippen molar-refractivity contribution in [2.45, 2.75) is 40.0 Å². The number of carbonyl (C=O) groups excluding carboxylic acids is 2. The number of rotatable bonds is 0. The molecule has 0 fully saturated rings. The standard InChI is InChI=1S/C9H16O.CO2/c1-7-6-9(2,3)5-4-8(7)10;2-1-3/h10H,4-6H2,1-3H3;. The summed E-state index contributed by atoms with van der Waals surface area (Å²) in [5, 5.41) is 9.29. The van der Waals surface area contributed by atoms with E-state index in [9.17, 15) is 5.11 Å². The van der Waals surface area contributed by atoms with E-state index in [0.29, 0.717) is 11.2 Å². The Morgan fingerprint density at radius 2 is 1.85 bits per heavy atom. The van der Waals surface area contributed by atoms with Gasteiger partial charge in [-0.3, -0.25) is 0 Å². The second kappa shape index (κ2) is 4.83. The first kappa shape index (κ1) is 11.9. The van der Waals surface area contributed by atoms with Gasteiger partial charge < -0.3 is 5.11 Å². The summed E-state index contributed by atoms with van der Waals surface area (Å²) in [6, 6.07) is 0. The summed E-state index contributed by atoms with van der Waals surface area (Å²) in [7, 11) is 0. The van der Waals surface area contributed by atoms with E-state index in [1.54, 1.807) is 0 Å². The van der Waals surface area contributed by atoms with E-state index in [-0.39, 0.29) is 6.15 Å². The maximum absolute atomic E-state index is 9.29. The molecule has 74 valence electrons. The first-order valence-electron chi connectivity index (χ1n) is 4.30. The first-order chi connectivity index (χ1) is 5.93. The highest BCUT2D eigenvalue weighted by Gasteiger charge is 2.24. The molecule has 3 heteroatoms. The molecule has 0 aliphatic heterocycles. The molecule has 0 atom stereocenters. The van der Waals surface area contributed by atoms with Crippen molar-refractivity contribution in [1.29, 1.82) is 0 Å². The minimum absolute atomic E-state index is 0.250. The van der Waals surface area contributed by atoms with E-state index < -0.39 is 0 Å². The van der Waals surface area contributed by atoms with Crippen LogP contribution in [0, 0.1) is 5.41 Å². The molecule has 0 heterocycles. The van der Waals surface area contributed by atoms with Gasteiger partial charge in [-0.2, -0.15) is 9.59 Å². The van der Waals surface area contributed by atoms with Gasteiger partial charge in [-0.25, -0.2) is 0 Å². The van der Waals surface area contributed by atoms with Crippen LogP contribution in [0.3, 0.4) is 0 Å². The summed E-state index contributed by atoms with van der Waals surface area (Å²) in [5.41, 5.74) is 1.59. The Bertz CT molecular complexity index is 233. The average Bonchev–Trinajstić information content (AvgIpc) is 1.99. The molecule has 0 bridgehead atoms. The molecule has 1 aliphatic carbocycles. The Balaban J connectivity index is 0.000000424. The van der Waals surface area contributed by atoms with Gasteiger partial charge in [0.1, 0.15) is 0 Å². The van der Waals surface area contributed by atoms with Crippen LogP contribution in [-0.2, 0) is 9.59 Å². The molecule has 13 heavy (non-hydrogen) atoms. The fraction of sp³-hybridized carbons (Fsp3) is 0.700. The molecule has 1 aliphatic rings. The lowest BCUT2D eigenvalue weighted by molar-refractivity contribution is -0.191. The quantitative estimate of drug-likeness (QED) is 0.629. The third kappa shape index (κ3) is 4.48. The zero-order valence-corrected chi connectivity index (χ0v) is 8.39. The Hall–Kier alpha value is -1.08. The molecule has 0 spiro atoms. The van der Waals surface area contributed by atoms with Crippen LogP contribution in [0.25, 0.3) is 0 Å². The van der Waals surface area contributed by atoms with Gasteiger partial charge in [0.2, 0.25) is 0 Å². The predicted molar refractivity (Wildman–Crippen MR) is 48.0 cm³/mol. The highest BCUT2D eigenvalue weighted by Crippen LogP contribution is 2.37. The summed E-state index contributed by atoms with van der Waals surface area (Å²) < 4.78 is 0. The summed E-state index contributed by atoms with van der Waals surface area (Å²) in [4.78, 5) is 16.2. The van der Waals surface area contributed by atoms with Crippen molar-refractivity contribution >= 4 is 6.15 Å². The summed E-state index contributed by atoms with van der Waals surface area (Å²) in [6.45, 7) is 6.53. The van der Waals surface area contributed by atoms with Gasteiger partial charge >= 0.3 is 6.15 Å². The molecule has 3 nitrogen and oxygen atoms in total. The summed E-state index contributed by atoms with van der Waals surface area (Å²) in [5.74, 6) is 0.624. The largest absolute Gasteiger partial charge is 0.512 e. The number of hydrogen-bond donors (Lipinski definition) is 1. The van der Waals surface area contributed by atoms with Crippen molar-refractivity contribution in [3.8, 4) is 0 Å². The SMILES string of the molecule is CC1=C(O)CCC(C)(C)C1.O=C=O. The number of aliphatic hydroxyl groups excluding tert-OH is 1. The molecule has 0 aromatic carbocycles. The molecule has 0 amide bonds. The number of allylic oxidation sites excluding steroid dienone is 2. The normalized spacial score (nSPS) is 19.9. The molecule has 0 saturated carbocycles. The second-order valence-electron chi connectivity index (χ2n) is 4.15. The molecule has 0 aromatic rings. The van der Waals surface area contributed by atoms with E-state index in [2.05, 4.69) is 13.8 Å². The minimum atomic E-state index is 0.250. The van der Waals surface area contributed by atoms with Gasteiger partial charge in [-0.05, 0) is 30.8 Å². The fourth-order valence-corrected chi connectivity index (χ4v) is 1.58. The molecule has 1 rings (SSSR count). The van der Waals surface area contributed by atoms with Crippen molar-refractivity contribution in [1.82, 2.24) is 0 Å². The van der Waals surface area contributed by atoms with Gasteiger partial charge in [0.05, 0.1) is 5.76 Å². The summed E-state index contributed by atoms with van der Waals surface area (Å²) >= 11 is 0. The molecule has 1 N–H and O–H groups in total. The third-order valence-corrected chi connectivity index (χ3v) is 2.27. The van der Waals surface area contributed by atoms with Crippen LogP contribution in [0.4, 0.5) is 0 Å². The van der Waals surface area contributed by atoms with Crippen LogP contribution < -0.4 is 0 Å². The third-order valence-electron chi connectivity index (χ3n) is 2.27. The van der Waals surface area contributed by atoms with Gasteiger partial charge in [-0.15, -0.1) is 0 Å². The lowest BCUT2D eigenvalue weighted by atomic mass is 9.77. The van der Waals surface area contributed by atoms with Crippen molar-refractivity contribution in [2.75, 3.05) is 0 Å². The maximum Gasteiger partial charge on any atom is 0.373 e. The van der Waals surface area contributed by atoms with Crippen molar-refractivity contribution in [2.24, 2.45) is 5.41 Å². The van der Waals surface area contributed by atoms with Crippen LogP contribution in [0.15, 0.2) is 11.3 Å². The number of hydrogen-bond acceptors (Lipinski definition) is 3. The van der Waals surface area contributed by atoms with Gasteiger partial charge in [0.25, 0.3) is 0 Å². The monoisotopic (exact) mass is 184 g/mol. The first-order valence-corrected chi connectivity index (χ1v) is 4.30. The lowest BCUT2D eigenvalue weighted by Crippen LogP contribution is -2.17. The Morgan fingerprint density at radius 3 is 2.15 bits per heavy atom. The van der Waals surface area contributed by atoms with E-state index in [1.807, 2.05) is 6.92 Å². The van der Waals surface area contributed by atoms with E-state index in [4.69, 9.17) is 9.59 Å². The van der Waals surface area contributed by atoms with E-state index >= 15 is 0 Å². The Kier molecular flexibility index (Phi) is 4.43. The zero-order chi connectivity index (χ0) is 10.5. The van der Waals surface area contributed by atoms with Crippen LogP contribution in [0.5, 0.6) is 0 Å². The van der Waals surface area contributed by atoms with Crippen LogP contribution in [-0.4, -0.2) is 11.3 Å². The highest BCUT2D eigenvalue weighted by atomic mass is 16.3. The molecular formula is C10H16O3. The number of aliphatic hydroxyl groups is 1.